The first-order valence-corrected chi connectivity index (χ1v) is 9.07. The van der Waals surface area contributed by atoms with Crippen molar-refractivity contribution in [2.24, 2.45) is 0 Å². The molecule has 0 bridgehead atoms. The van der Waals surface area contributed by atoms with Gasteiger partial charge in [-0.3, -0.25) is 0 Å². The van der Waals surface area contributed by atoms with E-state index in [4.69, 9.17) is 0 Å². The Morgan fingerprint density at radius 1 is 1.25 bits per heavy atom. The topological polar surface area (TPSA) is 0 Å². The van der Waals surface area contributed by atoms with Gasteiger partial charge in [0, 0.05) is 0 Å². The smallest absolute Gasteiger partial charge is 0.0831 e. The lowest BCUT2D eigenvalue weighted by Gasteiger charge is -2.02. The summed E-state index contributed by atoms with van der Waals surface area (Å²) in [6.07, 6.45) is 0. The molecule has 0 fully saturated rings. The average Bonchev–Trinajstić information content (AvgIpc) is 1.68. The van der Waals surface area contributed by atoms with Gasteiger partial charge in [-0.25, -0.2) is 0 Å². The van der Waals surface area contributed by atoms with E-state index in [1.54, 1.807) is 0 Å². The van der Waals surface area contributed by atoms with Crippen molar-refractivity contribution in [3.05, 3.63) is 0 Å². The predicted octanol–water partition coefficient (Wildman–Crippen LogP) is 4.11. The van der Waals surface area contributed by atoms with Gasteiger partial charge in [0.15, 0.2) is 0 Å². The number of hydrogen-bond acceptors (Lipinski definition) is 2. The zero-order valence-electron chi connectivity index (χ0n) is 5.06. The van der Waals surface area contributed by atoms with Gasteiger partial charge < -0.3 is 0 Å². The first-order chi connectivity index (χ1) is 3.81. The maximum Gasteiger partial charge on any atom is 0.0831 e. The Labute approximate surface area is 68.6 Å². The van der Waals surface area contributed by atoms with Crippen LogP contribution in [0.2, 0.25) is 0 Å². The Morgan fingerprint density at radius 3 is 1.88 bits per heavy atom. The lowest BCUT2D eigenvalue weighted by Crippen LogP contribution is -1.58. The van der Waals surface area contributed by atoms with Crippen molar-refractivity contribution >= 4 is 43.3 Å². The third kappa shape index (κ3) is 5.74. The molecule has 0 radical (unpaired) electrons. The van der Waals surface area contributed by atoms with Crippen molar-refractivity contribution in [1.82, 2.24) is 0 Å². The summed E-state index contributed by atoms with van der Waals surface area (Å²) in [6.45, 7) is 4.38. The van der Waals surface area contributed by atoms with Crippen LogP contribution in [0.3, 0.4) is 0 Å². The van der Waals surface area contributed by atoms with E-state index in [1.165, 1.54) is 11.5 Å². The van der Waals surface area contributed by atoms with Gasteiger partial charge in [-0.05, 0) is 27.0 Å². The van der Waals surface area contributed by atoms with Gasteiger partial charge in [0.25, 0.3) is 0 Å². The van der Waals surface area contributed by atoms with E-state index >= 15 is 0 Å². The zero-order chi connectivity index (χ0) is 6.41. The van der Waals surface area contributed by atoms with Gasteiger partial charge in [0.05, 0.1) is 5.03 Å². The molecular formula is C4H10BrPS2. The summed E-state index contributed by atoms with van der Waals surface area (Å²) in [5.41, 5.74) is 0. The van der Waals surface area contributed by atoms with E-state index in [0.29, 0.717) is 0 Å². The van der Waals surface area contributed by atoms with Crippen molar-refractivity contribution in [1.29, 1.82) is 0 Å². The Morgan fingerprint density at radius 2 is 1.62 bits per heavy atom. The second kappa shape index (κ2) is 6.73. The second-order valence-electron chi connectivity index (χ2n) is 1.05. The highest BCUT2D eigenvalue weighted by molar-refractivity contribution is 9.57. The van der Waals surface area contributed by atoms with E-state index in [1.807, 2.05) is 22.8 Å². The minimum Gasteiger partial charge on any atom is -0.112 e. The third-order valence-corrected chi connectivity index (χ3v) is 9.73. The van der Waals surface area contributed by atoms with Crippen molar-refractivity contribution < 1.29 is 0 Å². The lowest BCUT2D eigenvalue weighted by atomic mass is 11.0. The molecular weight excluding hydrogens is 223 g/mol. The van der Waals surface area contributed by atoms with Gasteiger partial charge in [0.2, 0.25) is 0 Å². The third-order valence-electron chi connectivity index (χ3n) is 0.461. The lowest BCUT2D eigenvalue weighted by molar-refractivity contribution is 1.54. The van der Waals surface area contributed by atoms with Crippen molar-refractivity contribution in [2.45, 2.75) is 13.8 Å². The highest BCUT2D eigenvalue weighted by Crippen LogP contribution is 2.66. The first kappa shape index (κ1) is 9.61. The fraction of sp³-hybridized carbons (Fsp3) is 1.00. The zero-order valence-corrected chi connectivity index (χ0v) is 9.17. The Hall–Kier alpha value is 1.61. The normalized spacial score (nSPS) is 10.5. The summed E-state index contributed by atoms with van der Waals surface area (Å²) < 4.78 is 0. The number of hydrogen-bond donors (Lipinski definition) is 0. The molecule has 0 saturated heterocycles. The minimum atomic E-state index is 0.0651. The van der Waals surface area contributed by atoms with Crippen LogP contribution in [0.4, 0.5) is 0 Å². The summed E-state index contributed by atoms with van der Waals surface area (Å²) in [7, 11) is 0. The van der Waals surface area contributed by atoms with Crippen LogP contribution in [0, 0.1) is 0 Å². The number of rotatable bonds is 4. The fourth-order valence-corrected chi connectivity index (χ4v) is 8.42. The maximum atomic E-state index is 3.59. The Kier molecular flexibility index (Phi) is 8.08. The molecule has 4 heteroatoms. The average molecular weight is 233 g/mol. The molecule has 0 rings (SSSR count). The van der Waals surface area contributed by atoms with Crippen LogP contribution >= 0.6 is 43.3 Å². The Bertz CT molecular complexity index is 47.3. The molecule has 0 aliphatic heterocycles. The molecule has 0 aliphatic carbocycles. The van der Waals surface area contributed by atoms with E-state index in [9.17, 15) is 0 Å². The second-order valence-corrected chi connectivity index (χ2v) is 12.5. The Balaban J connectivity index is 2.92. The van der Waals surface area contributed by atoms with Gasteiger partial charge in [0.1, 0.15) is 0 Å². The van der Waals surface area contributed by atoms with E-state index in [-0.39, 0.29) is 5.03 Å². The van der Waals surface area contributed by atoms with Crippen LogP contribution in [0.25, 0.3) is 0 Å². The molecule has 0 N–H and O–H groups in total. The molecule has 0 aliphatic rings. The highest BCUT2D eigenvalue weighted by atomic mass is 79.9. The quantitative estimate of drug-likeness (QED) is 0.670. The monoisotopic (exact) mass is 232 g/mol. The predicted molar refractivity (Wildman–Crippen MR) is 52.1 cm³/mol. The van der Waals surface area contributed by atoms with Crippen LogP contribution in [0.15, 0.2) is 0 Å². The van der Waals surface area contributed by atoms with Crippen LogP contribution in [0.5, 0.6) is 0 Å². The molecule has 0 nitrogen and oxygen atoms in total. The molecule has 0 saturated carbocycles. The summed E-state index contributed by atoms with van der Waals surface area (Å²) in [6, 6.07) is 0. The van der Waals surface area contributed by atoms with Crippen LogP contribution in [-0.4, -0.2) is 11.5 Å². The van der Waals surface area contributed by atoms with Gasteiger partial charge in [-0.2, -0.15) is 0 Å². The molecule has 0 atom stereocenters. The van der Waals surface area contributed by atoms with Crippen LogP contribution in [-0.2, 0) is 0 Å². The molecule has 0 heterocycles. The van der Waals surface area contributed by atoms with Crippen molar-refractivity contribution in [3.63, 3.8) is 0 Å². The summed E-state index contributed by atoms with van der Waals surface area (Å²) in [5, 5.41) is 0.0651. The van der Waals surface area contributed by atoms with E-state index in [2.05, 4.69) is 29.3 Å². The molecule has 0 aromatic carbocycles. The van der Waals surface area contributed by atoms with Gasteiger partial charge in [-0.15, -0.1) is 22.8 Å². The molecule has 0 amide bonds. The van der Waals surface area contributed by atoms with Crippen molar-refractivity contribution in [3.8, 4) is 0 Å². The van der Waals surface area contributed by atoms with E-state index in [0.717, 1.165) is 0 Å². The maximum absolute atomic E-state index is 3.59. The summed E-state index contributed by atoms with van der Waals surface area (Å²) in [4.78, 5) is 0. The molecule has 8 heavy (non-hydrogen) atoms. The fourth-order valence-electron chi connectivity index (χ4n) is 0.240. The largest absolute Gasteiger partial charge is 0.112 e. The highest BCUT2D eigenvalue weighted by Gasteiger charge is 1.99. The number of halogens is 1. The molecule has 0 spiro atoms. The first-order valence-electron chi connectivity index (χ1n) is 2.53. The summed E-state index contributed by atoms with van der Waals surface area (Å²) in [5.74, 6) is 2.45. The molecule has 50 valence electrons. The minimum absolute atomic E-state index is 0.0651. The van der Waals surface area contributed by atoms with Crippen LogP contribution < -0.4 is 0 Å². The standard InChI is InChI=1S/C4H10BrPS2/c1-3-7-6(5)8-4-2/h3-4H2,1-2H3. The van der Waals surface area contributed by atoms with Gasteiger partial charge >= 0.3 is 0 Å². The molecule has 0 unspecified atom stereocenters. The SMILES string of the molecule is CCSP(Br)SCC. The van der Waals surface area contributed by atoms with Crippen LogP contribution in [0.1, 0.15) is 13.8 Å². The van der Waals surface area contributed by atoms with Gasteiger partial charge in [-0.1, -0.05) is 13.8 Å². The van der Waals surface area contributed by atoms with E-state index < -0.39 is 0 Å². The molecule has 0 aromatic heterocycles. The van der Waals surface area contributed by atoms with Crippen molar-refractivity contribution in [2.75, 3.05) is 11.5 Å². The summed E-state index contributed by atoms with van der Waals surface area (Å²) >= 11 is 7.59. The molecule has 0 aromatic rings.